The third kappa shape index (κ3) is 3.35. The molecule has 1 amide bonds. The third-order valence-electron chi connectivity index (χ3n) is 7.17. The van der Waals surface area contributed by atoms with Crippen LogP contribution >= 0.6 is 0 Å². The lowest BCUT2D eigenvalue weighted by Crippen LogP contribution is -2.44. The van der Waals surface area contributed by atoms with Gasteiger partial charge in [-0.2, -0.15) is 13.2 Å². The maximum absolute atomic E-state index is 13.7. The van der Waals surface area contributed by atoms with Crippen LogP contribution in [0.2, 0.25) is 0 Å². The fourth-order valence-electron chi connectivity index (χ4n) is 5.69. The van der Waals surface area contributed by atoms with Gasteiger partial charge in [-0.15, -0.1) is 0 Å². The Morgan fingerprint density at radius 2 is 1.88 bits per heavy atom. The molecule has 3 aromatic rings. The van der Waals surface area contributed by atoms with Crippen LogP contribution in [0, 0.1) is 17.8 Å². The van der Waals surface area contributed by atoms with E-state index in [9.17, 15) is 18.0 Å². The summed E-state index contributed by atoms with van der Waals surface area (Å²) in [7, 11) is 0. The minimum atomic E-state index is -4.44. The van der Waals surface area contributed by atoms with Crippen molar-refractivity contribution in [1.29, 1.82) is 0 Å². The number of fused-ring (bicyclic) bond motifs is 1. The zero-order valence-electron chi connectivity index (χ0n) is 17.4. The van der Waals surface area contributed by atoms with E-state index in [1.54, 1.807) is 12.4 Å². The maximum atomic E-state index is 13.7. The van der Waals surface area contributed by atoms with Crippen molar-refractivity contribution in [3.63, 3.8) is 0 Å². The first-order chi connectivity index (χ1) is 15.9. The Bertz CT molecular complexity index is 1200. The van der Waals surface area contributed by atoms with Crippen molar-refractivity contribution in [1.82, 2.24) is 14.9 Å². The van der Waals surface area contributed by atoms with Crippen molar-refractivity contribution in [2.75, 3.05) is 6.54 Å². The van der Waals surface area contributed by atoms with Gasteiger partial charge in [0.25, 0.3) is 5.91 Å². The van der Waals surface area contributed by atoms with Gasteiger partial charge in [0, 0.05) is 42.3 Å². The summed E-state index contributed by atoms with van der Waals surface area (Å²) in [6.45, 7) is 0.681. The summed E-state index contributed by atoms with van der Waals surface area (Å²) in [5.74, 6) is 1.47. The van der Waals surface area contributed by atoms with Crippen LogP contribution < -0.4 is 4.74 Å². The second-order valence-electron chi connectivity index (χ2n) is 8.92. The van der Waals surface area contributed by atoms with Gasteiger partial charge in [-0.1, -0.05) is 24.3 Å². The van der Waals surface area contributed by atoms with Crippen molar-refractivity contribution < 1.29 is 22.7 Å². The number of nitrogens with zero attached hydrogens (tertiary/aromatic N) is 3. The number of benzene rings is 1. The Kier molecular flexibility index (Phi) is 4.47. The molecule has 6 rings (SSSR count). The maximum Gasteiger partial charge on any atom is 0.417 e. The van der Waals surface area contributed by atoms with Crippen molar-refractivity contribution in [3.05, 3.63) is 78.2 Å². The number of carbonyl (C=O) groups is 1. The fourth-order valence-corrected chi connectivity index (χ4v) is 5.69. The SMILES string of the molecule is O=C(c1ccccc1-c1cccnc1)N1CC2C3CC(Oc4ccc(C(F)(F)F)cn4)C1C32. The molecule has 5 nitrogen and oxygen atoms in total. The van der Waals surface area contributed by atoms with Gasteiger partial charge in [-0.05, 0) is 47.9 Å². The summed E-state index contributed by atoms with van der Waals surface area (Å²) in [6.07, 6.45) is 0.285. The van der Waals surface area contributed by atoms with Gasteiger partial charge in [0.2, 0.25) is 5.88 Å². The molecule has 8 heteroatoms. The van der Waals surface area contributed by atoms with Gasteiger partial charge in [0.1, 0.15) is 6.10 Å². The molecule has 1 aromatic carbocycles. The fraction of sp³-hybridized carbons (Fsp3) is 0.320. The summed E-state index contributed by atoms with van der Waals surface area (Å²) in [5, 5.41) is 0. The molecule has 2 aliphatic carbocycles. The molecule has 1 aliphatic heterocycles. The highest BCUT2D eigenvalue weighted by atomic mass is 19.4. The van der Waals surface area contributed by atoms with Gasteiger partial charge in [-0.3, -0.25) is 9.78 Å². The monoisotopic (exact) mass is 451 g/mol. The molecule has 33 heavy (non-hydrogen) atoms. The van der Waals surface area contributed by atoms with E-state index in [0.29, 0.717) is 29.9 Å². The number of piperidine rings is 1. The number of hydrogen-bond donors (Lipinski definition) is 0. The number of alkyl halides is 3. The summed E-state index contributed by atoms with van der Waals surface area (Å²) < 4.78 is 44.5. The lowest BCUT2D eigenvalue weighted by molar-refractivity contribution is -0.137. The van der Waals surface area contributed by atoms with Crippen LogP contribution in [0.4, 0.5) is 13.2 Å². The van der Waals surface area contributed by atoms with E-state index in [1.807, 2.05) is 41.3 Å². The molecule has 5 unspecified atom stereocenters. The molecule has 0 radical (unpaired) electrons. The van der Waals surface area contributed by atoms with Crippen LogP contribution in [-0.4, -0.2) is 39.5 Å². The van der Waals surface area contributed by atoms with E-state index < -0.39 is 11.7 Å². The zero-order valence-corrected chi connectivity index (χ0v) is 17.4. The van der Waals surface area contributed by atoms with E-state index in [4.69, 9.17) is 4.74 Å². The van der Waals surface area contributed by atoms with Crippen molar-refractivity contribution in [2.45, 2.75) is 24.7 Å². The minimum Gasteiger partial charge on any atom is -0.472 e. The van der Waals surface area contributed by atoms with Gasteiger partial charge in [-0.25, -0.2) is 4.98 Å². The van der Waals surface area contributed by atoms with E-state index in [1.165, 1.54) is 6.07 Å². The Morgan fingerprint density at radius 1 is 1.03 bits per heavy atom. The van der Waals surface area contributed by atoms with Gasteiger partial charge >= 0.3 is 6.18 Å². The summed E-state index contributed by atoms with van der Waals surface area (Å²) in [4.78, 5) is 23.6. The molecule has 0 spiro atoms. The van der Waals surface area contributed by atoms with E-state index >= 15 is 0 Å². The lowest BCUT2D eigenvalue weighted by Gasteiger charge is -2.30. The van der Waals surface area contributed by atoms with Crippen molar-refractivity contribution in [2.24, 2.45) is 17.8 Å². The number of rotatable bonds is 4. The largest absolute Gasteiger partial charge is 0.472 e. The quantitative estimate of drug-likeness (QED) is 0.577. The smallest absolute Gasteiger partial charge is 0.417 e. The minimum absolute atomic E-state index is 0.0544. The molecule has 0 N–H and O–H groups in total. The van der Waals surface area contributed by atoms with Crippen LogP contribution in [0.3, 0.4) is 0 Å². The Morgan fingerprint density at radius 3 is 2.61 bits per heavy atom. The van der Waals surface area contributed by atoms with Crippen molar-refractivity contribution in [3.8, 4) is 17.0 Å². The van der Waals surface area contributed by atoms with E-state index in [-0.39, 0.29) is 23.9 Å². The van der Waals surface area contributed by atoms with Gasteiger partial charge < -0.3 is 9.64 Å². The number of ether oxygens (including phenoxy) is 1. The predicted molar refractivity (Wildman–Crippen MR) is 113 cm³/mol. The molecule has 3 aliphatic rings. The van der Waals surface area contributed by atoms with Crippen LogP contribution in [0.1, 0.15) is 22.3 Å². The first-order valence-corrected chi connectivity index (χ1v) is 10.9. The molecule has 2 saturated carbocycles. The zero-order chi connectivity index (χ0) is 22.7. The third-order valence-corrected chi connectivity index (χ3v) is 7.17. The molecule has 0 bridgehead atoms. The van der Waals surface area contributed by atoms with Gasteiger partial charge in [0.05, 0.1) is 11.6 Å². The molecule has 3 heterocycles. The highest BCUT2D eigenvalue weighted by Crippen LogP contribution is 2.64. The first kappa shape index (κ1) is 20.2. The molecular formula is C25H20F3N3O2. The summed E-state index contributed by atoms with van der Waals surface area (Å²) in [5.41, 5.74) is 1.50. The normalized spacial score (nSPS) is 27.4. The number of likely N-dealkylation sites (tertiary alicyclic amines) is 1. The van der Waals surface area contributed by atoms with Crippen LogP contribution in [0.5, 0.6) is 5.88 Å². The standard InChI is InChI=1S/C25H20F3N3O2/c26-25(27,28)15-7-8-21(30-12-15)33-20-10-18-19-13-31(23(20)22(18)19)24(32)17-6-2-1-5-16(17)14-4-3-9-29-11-14/h1-9,11-12,18-20,22-23H,10,13H2. The molecule has 5 atom stereocenters. The second kappa shape index (κ2) is 7.30. The molecule has 168 valence electrons. The van der Waals surface area contributed by atoms with Crippen LogP contribution in [0.25, 0.3) is 11.1 Å². The number of aromatic nitrogens is 2. The summed E-state index contributed by atoms with van der Waals surface area (Å²) in [6, 6.07) is 13.4. The van der Waals surface area contributed by atoms with Crippen LogP contribution in [0.15, 0.2) is 67.1 Å². The second-order valence-corrected chi connectivity index (χ2v) is 8.92. The number of amides is 1. The number of halogens is 3. The summed E-state index contributed by atoms with van der Waals surface area (Å²) >= 11 is 0. The van der Waals surface area contributed by atoms with E-state index in [2.05, 4.69) is 9.97 Å². The van der Waals surface area contributed by atoms with Crippen LogP contribution in [-0.2, 0) is 6.18 Å². The average Bonchev–Trinajstić information content (AvgIpc) is 3.19. The molecule has 3 fully saturated rings. The molecule has 2 aromatic heterocycles. The van der Waals surface area contributed by atoms with E-state index in [0.717, 1.165) is 29.8 Å². The number of hydrogen-bond acceptors (Lipinski definition) is 4. The first-order valence-electron chi connectivity index (χ1n) is 10.9. The number of carbonyl (C=O) groups excluding carboxylic acids is 1. The average molecular weight is 451 g/mol. The van der Waals surface area contributed by atoms with Crippen molar-refractivity contribution >= 4 is 5.91 Å². The highest BCUT2D eigenvalue weighted by molar-refractivity contribution is 6.01. The Balaban J connectivity index is 1.25. The highest BCUT2D eigenvalue weighted by Gasteiger charge is 2.70. The Hall–Kier alpha value is -3.42. The number of pyridine rings is 2. The Labute approximate surface area is 188 Å². The molecular weight excluding hydrogens is 431 g/mol. The van der Waals surface area contributed by atoms with Gasteiger partial charge in [0.15, 0.2) is 0 Å². The topological polar surface area (TPSA) is 55.3 Å². The predicted octanol–water partition coefficient (Wildman–Crippen LogP) is 4.70. The molecule has 1 saturated heterocycles. The lowest BCUT2D eigenvalue weighted by atomic mass is 9.99.